The van der Waals surface area contributed by atoms with Gasteiger partial charge in [0.25, 0.3) is 5.91 Å². The van der Waals surface area contributed by atoms with E-state index in [0.717, 1.165) is 11.1 Å². The second-order valence-corrected chi connectivity index (χ2v) is 13.0. The Bertz CT molecular complexity index is 1720. The van der Waals surface area contributed by atoms with Crippen LogP contribution < -0.4 is 4.90 Å². The zero-order valence-corrected chi connectivity index (χ0v) is 25.7. The van der Waals surface area contributed by atoms with E-state index in [1.54, 1.807) is 32.0 Å². The van der Waals surface area contributed by atoms with Crippen LogP contribution in [0.4, 0.5) is 10.2 Å². The summed E-state index contributed by atoms with van der Waals surface area (Å²) in [6.07, 6.45) is 1.95. The number of piperazine rings is 1. The maximum Gasteiger partial charge on any atom is 0.337 e. The van der Waals surface area contributed by atoms with Crippen molar-refractivity contribution in [2.45, 2.75) is 59.4 Å². The van der Waals surface area contributed by atoms with Gasteiger partial charge in [0, 0.05) is 37.1 Å². The summed E-state index contributed by atoms with van der Waals surface area (Å²) in [5, 5.41) is 9.57. The zero-order chi connectivity index (χ0) is 30.7. The molecule has 3 aromatic heterocycles. The lowest BCUT2D eigenvalue weighted by atomic mass is 9.88. The highest BCUT2D eigenvalue weighted by atomic mass is 35.5. The van der Waals surface area contributed by atoms with Gasteiger partial charge in [-0.1, -0.05) is 32.4 Å². The maximum atomic E-state index is 14.3. The van der Waals surface area contributed by atoms with Gasteiger partial charge in [-0.05, 0) is 75.1 Å². The summed E-state index contributed by atoms with van der Waals surface area (Å²) in [5.41, 5.74) is 3.85. The zero-order valence-electron chi connectivity index (χ0n) is 24.9. The van der Waals surface area contributed by atoms with Crippen LogP contribution in [0.1, 0.15) is 72.3 Å². The van der Waals surface area contributed by atoms with Gasteiger partial charge in [0.05, 0.1) is 32.9 Å². The van der Waals surface area contributed by atoms with E-state index in [1.807, 2.05) is 35.6 Å². The molecule has 0 unspecified atom stereocenters. The molecule has 0 spiro atoms. The van der Waals surface area contributed by atoms with E-state index in [2.05, 4.69) is 30.7 Å². The molecule has 1 aliphatic rings. The van der Waals surface area contributed by atoms with Crippen LogP contribution in [0.5, 0.6) is 0 Å². The van der Waals surface area contributed by atoms with Crippen molar-refractivity contribution in [3.05, 3.63) is 81.5 Å². The molecule has 0 radical (unpaired) electrons. The van der Waals surface area contributed by atoms with Crippen molar-refractivity contribution >= 4 is 40.3 Å². The van der Waals surface area contributed by atoms with Crippen molar-refractivity contribution in [3.63, 3.8) is 0 Å². The Morgan fingerprint density at radius 3 is 2.36 bits per heavy atom. The number of rotatable bonds is 4. The number of pyridine rings is 2. The van der Waals surface area contributed by atoms with E-state index in [-0.39, 0.29) is 21.9 Å². The van der Waals surface area contributed by atoms with E-state index >= 15 is 0 Å². The Morgan fingerprint density at radius 1 is 1.05 bits per heavy atom. The minimum absolute atomic E-state index is 0.0540. The molecular weight excluding hydrogens is 557 g/mol. The highest BCUT2D eigenvalue weighted by Gasteiger charge is 2.38. The largest absolute Gasteiger partial charge is 0.478 e. The molecule has 42 heavy (non-hydrogen) atoms. The van der Waals surface area contributed by atoms with Gasteiger partial charge in [0.2, 0.25) is 0 Å². The van der Waals surface area contributed by atoms with Crippen LogP contribution in [0, 0.1) is 19.7 Å². The molecule has 1 fully saturated rings. The van der Waals surface area contributed by atoms with Crippen LogP contribution in [0.2, 0.25) is 5.02 Å². The fourth-order valence-corrected chi connectivity index (χ4v) is 5.90. The van der Waals surface area contributed by atoms with Crippen molar-refractivity contribution < 1.29 is 19.1 Å². The molecule has 1 N–H and O–H groups in total. The summed E-state index contributed by atoms with van der Waals surface area (Å²) in [4.78, 5) is 38.9. The molecule has 0 atom stereocenters. The molecule has 1 saturated heterocycles. The van der Waals surface area contributed by atoms with E-state index in [4.69, 9.17) is 16.6 Å². The average Bonchev–Trinajstić information content (AvgIpc) is 3.28. The molecule has 8 nitrogen and oxygen atoms in total. The number of hydrogen-bond acceptors (Lipinski definition) is 5. The predicted octanol–water partition coefficient (Wildman–Crippen LogP) is 6.57. The topological polar surface area (TPSA) is 91.6 Å². The van der Waals surface area contributed by atoms with Crippen LogP contribution in [-0.2, 0) is 5.41 Å². The molecule has 5 rings (SSSR count). The number of anilines is 1. The van der Waals surface area contributed by atoms with Crippen molar-refractivity contribution in [3.8, 4) is 5.69 Å². The predicted molar refractivity (Wildman–Crippen MR) is 163 cm³/mol. The first-order valence-corrected chi connectivity index (χ1v) is 14.2. The lowest BCUT2D eigenvalue weighted by molar-refractivity contribution is 0.0507. The molecule has 0 bridgehead atoms. The Morgan fingerprint density at radius 2 is 1.76 bits per heavy atom. The van der Waals surface area contributed by atoms with Gasteiger partial charge >= 0.3 is 5.97 Å². The van der Waals surface area contributed by atoms with Crippen LogP contribution in [0.3, 0.4) is 0 Å². The average molecular weight is 592 g/mol. The molecule has 1 aliphatic heterocycles. The van der Waals surface area contributed by atoms with Gasteiger partial charge in [-0.2, -0.15) is 0 Å². The summed E-state index contributed by atoms with van der Waals surface area (Å²) in [6, 6.07) is 10.1. The maximum absolute atomic E-state index is 14.3. The Hall–Kier alpha value is -3.98. The number of aromatic nitrogens is 3. The molecule has 220 valence electrons. The molecule has 10 heteroatoms. The van der Waals surface area contributed by atoms with Crippen LogP contribution in [0.25, 0.3) is 16.7 Å². The van der Waals surface area contributed by atoms with Crippen molar-refractivity contribution in [2.24, 2.45) is 0 Å². The Labute approximate surface area is 249 Å². The van der Waals surface area contributed by atoms with Gasteiger partial charge in [0.1, 0.15) is 17.3 Å². The molecule has 4 heterocycles. The fourth-order valence-electron chi connectivity index (χ4n) is 5.78. The van der Waals surface area contributed by atoms with Gasteiger partial charge in [-0.25, -0.2) is 19.2 Å². The number of aromatic carboxylic acids is 1. The third-order valence-electron chi connectivity index (χ3n) is 7.92. The smallest absolute Gasteiger partial charge is 0.337 e. The summed E-state index contributed by atoms with van der Waals surface area (Å²) < 4.78 is 16.2. The number of benzene rings is 1. The minimum atomic E-state index is -0.991. The molecule has 1 aromatic carbocycles. The Kier molecular flexibility index (Phi) is 7.29. The van der Waals surface area contributed by atoms with E-state index in [9.17, 15) is 19.1 Å². The number of carbonyl (C=O) groups is 2. The lowest BCUT2D eigenvalue weighted by Gasteiger charge is -2.47. The summed E-state index contributed by atoms with van der Waals surface area (Å²) >= 11 is 5.93. The summed E-state index contributed by atoms with van der Waals surface area (Å²) in [5.74, 6) is -0.972. The number of aryl methyl sites for hydroxylation is 2. The fraction of sp³-hybridized carbons (Fsp3) is 0.375. The first-order valence-electron chi connectivity index (χ1n) is 13.8. The lowest BCUT2D eigenvalue weighted by Crippen LogP contribution is -2.61. The van der Waals surface area contributed by atoms with Crippen LogP contribution in [0.15, 0.2) is 42.6 Å². The third-order valence-corrected chi connectivity index (χ3v) is 8.23. The van der Waals surface area contributed by atoms with Gasteiger partial charge in [-0.3, -0.25) is 4.79 Å². The number of nitrogens with zero attached hydrogens (tertiary/aromatic N) is 5. The minimum Gasteiger partial charge on any atom is -0.478 e. The first kappa shape index (κ1) is 29.5. The number of carboxylic acid groups (broad SMARTS) is 1. The number of carboxylic acids is 1. The summed E-state index contributed by atoms with van der Waals surface area (Å²) in [6.45, 7) is 15.2. The molecule has 0 saturated carbocycles. The highest BCUT2D eigenvalue weighted by Crippen LogP contribution is 2.34. The van der Waals surface area contributed by atoms with Gasteiger partial charge in [0.15, 0.2) is 0 Å². The monoisotopic (exact) mass is 591 g/mol. The van der Waals surface area contributed by atoms with E-state index in [1.165, 1.54) is 12.1 Å². The van der Waals surface area contributed by atoms with Gasteiger partial charge < -0.3 is 19.5 Å². The van der Waals surface area contributed by atoms with Crippen molar-refractivity contribution in [1.82, 2.24) is 19.4 Å². The number of halogens is 2. The van der Waals surface area contributed by atoms with Crippen molar-refractivity contribution in [2.75, 3.05) is 24.5 Å². The summed E-state index contributed by atoms with van der Waals surface area (Å²) in [7, 11) is 0. The normalized spacial score (nSPS) is 15.4. The van der Waals surface area contributed by atoms with Crippen LogP contribution in [-0.4, -0.2) is 61.6 Å². The third kappa shape index (κ3) is 5.22. The molecule has 0 aliphatic carbocycles. The molecular formula is C32H35ClFN5O3. The highest BCUT2D eigenvalue weighted by molar-refractivity contribution is 6.30. The van der Waals surface area contributed by atoms with Gasteiger partial charge in [-0.15, -0.1) is 0 Å². The molecule has 1 amide bonds. The second-order valence-electron chi connectivity index (χ2n) is 12.6. The number of carbonyl (C=O) groups excluding carboxylic acids is 1. The Balaban J connectivity index is 1.47. The van der Waals surface area contributed by atoms with Crippen LogP contribution >= 0.6 is 11.6 Å². The quantitative estimate of drug-likeness (QED) is 0.289. The number of fused-ring (bicyclic) bond motifs is 1. The van der Waals surface area contributed by atoms with Crippen molar-refractivity contribution in [1.29, 1.82) is 0 Å². The SMILES string of the molecule is Cc1cc(N2CCN(C(=O)c3ccc4c(n3)c(C(C)(C)C)cn4-c3ccc(Cl)c(F)c3)C(C)(C)C2)nc(C)c1C(=O)O. The number of hydrogen-bond donors (Lipinski definition) is 1. The number of amides is 1. The van der Waals surface area contributed by atoms with E-state index in [0.29, 0.717) is 53.6 Å². The first-order chi connectivity index (χ1) is 19.6. The van der Waals surface area contributed by atoms with E-state index < -0.39 is 17.3 Å². The second kappa shape index (κ2) is 10.4. The molecule has 4 aromatic rings. The standard InChI is InChI=1S/C32H35ClFN5O3/c1-18-14-26(35-19(2)27(18)30(41)42)37-12-13-39(32(6,7)17-37)29(40)24-10-11-25-28(36-24)21(31(3,4)5)16-38(25)20-8-9-22(33)23(34)15-20/h8-11,14-16H,12-13,17H2,1-7H3,(H,41,42).